The molecule has 2 atom stereocenters. The van der Waals surface area contributed by atoms with Gasteiger partial charge in [0, 0.05) is 10.6 Å². The zero-order valence-electron chi connectivity index (χ0n) is 13.2. The maximum atomic E-state index is 12.6. The fourth-order valence-corrected chi connectivity index (χ4v) is 4.10. The van der Waals surface area contributed by atoms with Crippen molar-refractivity contribution in [2.24, 2.45) is 0 Å². The molecular formula is C19H21NO2S. The molecule has 0 saturated heterocycles. The minimum Gasteiger partial charge on any atom is -0.394 e. The van der Waals surface area contributed by atoms with Gasteiger partial charge in [0.25, 0.3) is 0 Å². The highest BCUT2D eigenvalue weighted by Gasteiger charge is 2.30. The Morgan fingerprint density at radius 1 is 1.26 bits per heavy atom. The number of carbonyl (C=O) groups excluding carboxylic acids is 1. The lowest BCUT2D eigenvalue weighted by Gasteiger charge is -2.20. The van der Waals surface area contributed by atoms with Gasteiger partial charge in [-0.3, -0.25) is 4.79 Å². The number of aliphatic hydroxyl groups is 1. The second-order valence-corrected chi connectivity index (χ2v) is 6.80. The van der Waals surface area contributed by atoms with Gasteiger partial charge in [-0.25, -0.2) is 0 Å². The molecule has 23 heavy (non-hydrogen) atoms. The molecule has 4 heteroatoms. The van der Waals surface area contributed by atoms with Gasteiger partial charge in [-0.15, -0.1) is 11.8 Å². The highest BCUT2D eigenvalue weighted by Crippen LogP contribution is 2.39. The second-order valence-electron chi connectivity index (χ2n) is 5.74. The predicted octanol–water partition coefficient (Wildman–Crippen LogP) is 3.29. The second kappa shape index (κ2) is 7.20. The van der Waals surface area contributed by atoms with Gasteiger partial charge in [-0.2, -0.15) is 0 Å². The molecule has 1 aliphatic heterocycles. The normalized spacial score (nSPS) is 17.6. The fourth-order valence-electron chi connectivity index (χ4n) is 2.87. The van der Waals surface area contributed by atoms with E-state index >= 15 is 0 Å². The van der Waals surface area contributed by atoms with Crippen LogP contribution in [0.3, 0.4) is 0 Å². The summed E-state index contributed by atoms with van der Waals surface area (Å²) in [6.07, 6.45) is 0.979. The molecule has 0 radical (unpaired) electrons. The SMILES string of the molecule is CCc1ccc(C(CO)NC(=O)C2CSc3ccccc32)cc1. The van der Waals surface area contributed by atoms with Crippen molar-refractivity contribution >= 4 is 17.7 Å². The number of amides is 1. The molecule has 3 nitrogen and oxygen atoms in total. The maximum absolute atomic E-state index is 12.6. The van der Waals surface area contributed by atoms with E-state index in [1.807, 2.05) is 42.5 Å². The molecule has 2 aromatic rings. The van der Waals surface area contributed by atoms with Crippen LogP contribution >= 0.6 is 11.8 Å². The molecule has 0 bridgehead atoms. The Kier molecular flexibility index (Phi) is 5.03. The van der Waals surface area contributed by atoms with Crippen molar-refractivity contribution in [1.82, 2.24) is 5.32 Å². The van der Waals surface area contributed by atoms with Crippen molar-refractivity contribution in [3.05, 3.63) is 65.2 Å². The molecule has 0 spiro atoms. The number of aliphatic hydroxyl groups excluding tert-OH is 1. The molecule has 0 saturated carbocycles. The van der Waals surface area contributed by atoms with Crippen LogP contribution < -0.4 is 5.32 Å². The van der Waals surface area contributed by atoms with Gasteiger partial charge in [0.1, 0.15) is 0 Å². The summed E-state index contributed by atoms with van der Waals surface area (Å²) in [5.41, 5.74) is 3.28. The lowest BCUT2D eigenvalue weighted by atomic mass is 9.99. The van der Waals surface area contributed by atoms with Gasteiger partial charge in [-0.1, -0.05) is 49.4 Å². The van der Waals surface area contributed by atoms with Crippen LogP contribution in [0.25, 0.3) is 0 Å². The summed E-state index contributed by atoms with van der Waals surface area (Å²) in [5, 5.41) is 12.7. The molecule has 1 amide bonds. The largest absolute Gasteiger partial charge is 0.394 e. The molecule has 2 unspecified atom stereocenters. The summed E-state index contributed by atoms with van der Waals surface area (Å²) in [6.45, 7) is 2.01. The average molecular weight is 327 g/mol. The minimum atomic E-state index is -0.355. The molecule has 1 heterocycles. The molecule has 1 aliphatic rings. The Hall–Kier alpha value is -1.78. The van der Waals surface area contributed by atoms with Crippen LogP contribution in [0.15, 0.2) is 53.4 Å². The third kappa shape index (κ3) is 3.43. The molecule has 0 aromatic heterocycles. The first-order valence-electron chi connectivity index (χ1n) is 7.94. The van der Waals surface area contributed by atoms with Crippen molar-refractivity contribution in [2.75, 3.05) is 12.4 Å². The quantitative estimate of drug-likeness (QED) is 0.886. The Bertz CT molecular complexity index is 684. The van der Waals surface area contributed by atoms with E-state index in [-0.39, 0.29) is 24.5 Å². The highest BCUT2D eigenvalue weighted by molar-refractivity contribution is 7.99. The van der Waals surface area contributed by atoms with Crippen molar-refractivity contribution in [2.45, 2.75) is 30.2 Å². The van der Waals surface area contributed by atoms with Gasteiger partial charge >= 0.3 is 0 Å². The summed E-state index contributed by atoms with van der Waals surface area (Å²) in [6, 6.07) is 15.7. The summed E-state index contributed by atoms with van der Waals surface area (Å²) in [7, 11) is 0. The van der Waals surface area contributed by atoms with Crippen LogP contribution in [0.2, 0.25) is 0 Å². The summed E-state index contributed by atoms with van der Waals surface area (Å²) >= 11 is 1.72. The Labute approximate surface area is 141 Å². The average Bonchev–Trinajstić information content (AvgIpc) is 3.04. The van der Waals surface area contributed by atoms with Crippen LogP contribution in [0.5, 0.6) is 0 Å². The molecular weight excluding hydrogens is 306 g/mol. The fraction of sp³-hybridized carbons (Fsp3) is 0.316. The Morgan fingerprint density at radius 3 is 2.70 bits per heavy atom. The van der Waals surface area contributed by atoms with E-state index in [4.69, 9.17) is 0 Å². The van der Waals surface area contributed by atoms with Crippen LogP contribution in [0.1, 0.15) is 35.6 Å². The van der Waals surface area contributed by atoms with E-state index in [0.29, 0.717) is 0 Å². The van der Waals surface area contributed by atoms with Crippen molar-refractivity contribution in [1.29, 1.82) is 0 Å². The zero-order chi connectivity index (χ0) is 16.2. The first kappa shape index (κ1) is 16.1. The Morgan fingerprint density at radius 2 is 2.00 bits per heavy atom. The molecule has 120 valence electrons. The predicted molar refractivity (Wildman–Crippen MR) is 93.7 cm³/mol. The standard InChI is InChI=1S/C19H21NO2S/c1-2-13-7-9-14(10-8-13)17(11-21)20-19(22)16-12-23-18-6-4-3-5-15(16)18/h3-10,16-17,21H,2,11-12H2,1H3,(H,20,22). The van der Waals surface area contributed by atoms with Crippen molar-refractivity contribution in [3.8, 4) is 0 Å². The minimum absolute atomic E-state index is 0.0129. The molecule has 3 rings (SSSR count). The number of benzene rings is 2. The lowest BCUT2D eigenvalue weighted by Crippen LogP contribution is -2.34. The van der Waals surface area contributed by atoms with Gasteiger partial charge in [0.05, 0.1) is 18.6 Å². The number of hydrogen-bond donors (Lipinski definition) is 2. The smallest absolute Gasteiger partial charge is 0.228 e. The molecule has 0 fully saturated rings. The molecule has 0 aliphatic carbocycles. The van der Waals surface area contributed by atoms with E-state index < -0.39 is 0 Å². The van der Waals surface area contributed by atoms with Gasteiger partial charge in [0.15, 0.2) is 0 Å². The number of carbonyl (C=O) groups is 1. The van der Waals surface area contributed by atoms with Gasteiger partial charge in [-0.05, 0) is 29.2 Å². The maximum Gasteiger partial charge on any atom is 0.228 e. The molecule has 2 N–H and O–H groups in total. The molecule has 2 aromatic carbocycles. The zero-order valence-corrected chi connectivity index (χ0v) is 14.0. The summed E-state index contributed by atoms with van der Waals surface area (Å²) in [4.78, 5) is 13.8. The summed E-state index contributed by atoms with van der Waals surface area (Å²) < 4.78 is 0. The topological polar surface area (TPSA) is 49.3 Å². The van der Waals surface area contributed by atoms with Crippen LogP contribution in [-0.2, 0) is 11.2 Å². The third-order valence-electron chi connectivity index (χ3n) is 4.31. The van der Waals surface area contributed by atoms with E-state index in [1.165, 1.54) is 10.5 Å². The third-order valence-corrected chi connectivity index (χ3v) is 5.49. The Balaban J connectivity index is 1.73. The van der Waals surface area contributed by atoms with Crippen LogP contribution in [0.4, 0.5) is 0 Å². The first-order valence-corrected chi connectivity index (χ1v) is 8.93. The van der Waals surface area contributed by atoms with E-state index in [0.717, 1.165) is 23.3 Å². The number of hydrogen-bond acceptors (Lipinski definition) is 3. The van der Waals surface area contributed by atoms with Gasteiger partial charge < -0.3 is 10.4 Å². The first-order chi connectivity index (χ1) is 11.2. The number of nitrogens with one attached hydrogen (secondary N) is 1. The van der Waals surface area contributed by atoms with Crippen LogP contribution in [-0.4, -0.2) is 23.4 Å². The summed E-state index contributed by atoms with van der Waals surface area (Å²) in [5.74, 6) is 0.610. The van der Waals surface area contributed by atoms with E-state index in [9.17, 15) is 9.90 Å². The number of aryl methyl sites for hydroxylation is 1. The van der Waals surface area contributed by atoms with E-state index in [1.54, 1.807) is 11.8 Å². The van der Waals surface area contributed by atoms with Crippen LogP contribution in [0, 0.1) is 0 Å². The number of fused-ring (bicyclic) bond motifs is 1. The van der Waals surface area contributed by atoms with Crippen molar-refractivity contribution in [3.63, 3.8) is 0 Å². The lowest BCUT2D eigenvalue weighted by molar-refractivity contribution is -0.123. The van der Waals surface area contributed by atoms with Crippen molar-refractivity contribution < 1.29 is 9.90 Å². The highest BCUT2D eigenvalue weighted by atomic mass is 32.2. The van der Waals surface area contributed by atoms with E-state index in [2.05, 4.69) is 18.3 Å². The van der Waals surface area contributed by atoms with Gasteiger partial charge in [0.2, 0.25) is 5.91 Å². The number of thioether (sulfide) groups is 1. The monoisotopic (exact) mass is 327 g/mol. The number of rotatable bonds is 5.